The van der Waals surface area contributed by atoms with Gasteiger partial charge in [0, 0.05) is 0 Å². The van der Waals surface area contributed by atoms with E-state index in [1.807, 2.05) is 4.68 Å². The maximum Gasteiger partial charge on any atom is 0.168 e. The Kier molecular flexibility index (Phi) is 4.86. The van der Waals surface area contributed by atoms with Crippen LogP contribution in [0.1, 0.15) is 58.9 Å². The van der Waals surface area contributed by atoms with Crippen molar-refractivity contribution in [2.24, 2.45) is 5.92 Å². The molecule has 0 aliphatic heterocycles. The lowest BCUT2D eigenvalue weighted by Crippen LogP contribution is -2.23. The van der Waals surface area contributed by atoms with Gasteiger partial charge in [-0.2, -0.15) is 0 Å². The van der Waals surface area contributed by atoms with Crippen molar-refractivity contribution in [2.75, 3.05) is 6.54 Å². The molecule has 0 radical (unpaired) electrons. The van der Waals surface area contributed by atoms with E-state index in [-0.39, 0.29) is 6.04 Å². The van der Waals surface area contributed by atoms with Crippen LogP contribution in [0.4, 0.5) is 0 Å². The third kappa shape index (κ3) is 3.27. The highest BCUT2D eigenvalue weighted by Crippen LogP contribution is 2.19. The van der Waals surface area contributed by atoms with Gasteiger partial charge in [0.1, 0.15) is 0 Å². The van der Waals surface area contributed by atoms with Gasteiger partial charge < -0.3 is 5.32 Å². The number of rotatable bonds is 6. The Hall–Kier alpha value is -0.970. The van der Waals surface area contributed by atoms with Gasteiger partial charge in [-0.25, -0.2) is 4.68 Å². The molecule has 0 aliphatic carbocycles. The number of aromatic nitrogens is 4. The van der Waals surface area contributed by atoms with E-state index in [0.717, 1.165) is 18.8 Å². The summed E-state index contributed by atoms with van der Waals surface area (Å²) in [4.78, 5) is 0. The molecule has 2 atom stereocenters. The van der Waals surface area contributed by atoms with Crippen LogP contribution in [0.15, 0.2) is 0 Å². The first-order valence-corrected chi connectivity index (χ1v) is 6.07. The highest BCUT2D eigenvalue weighted by molar-refractivity contribution is 4.91. The molecule has 0 spiro atoms. The SMILES string of the molecule is CCNC(C)c1nnnn1C(C)CC(C)C. The minimum Gasteiger partial charge on any atom is -0.308 e. The minimum atomic E-state index is 0.203. The quantitative estimate of drug-likeness (QED) is 0.804. The Morgan fingerprint density at radius 2 is 1.94 bits per heavy atom. The molecule has 1 aromatic heterocycles. The van der Waals surface area contributed by atoms with E-state index in [1.54, 1.807) is 0 Å². The first-order chi connectivity index (χ1) is 7.56. The molecule has 1 N–H and O–H groups in total. The van der Waals surface area contributed by atoms with E-state index in [9.17, 15) is 0 Å². The lowest BCUT2D eigenvalue weighted by molar-refractivity contribution is 0.368. The number of hydrogen-bond donors (Lipinski definition) is 1. The molecule has 0 amide bonds. The molecule has 0 saturated heterocycles. The van der Waals surface area contributed by atoms with Crippen molar-refractivity contribution < 1.29 is 0 Å². The summed E-state index contributed by atoms with van der Waals surface area (Å²) in [5.74, 6) is 1.58. The van der Waals surface area contributed by atoms with Crippen LogP contribution in [0.2, 0.25) is 0 Å². The fourth-order valence-corrected chi connectivity index (χ4v) is 1.98. The monoisotopic (exact) mass is 225 g/mol. The summed E-state index contributed by atoms with van der Waals surface area (Å²) in [6, 6.07) is 0.556. The van der Waals surface area contributed by atoms with Crippen molar-refractivity contribution in [1.29, 1.82) is 0 Å². The minimum absolute atomic E-state index is 0.203. The maximum absolute atomic E-state index is 4.10. The predicted octanol–water partition coefficient (Wildman–Crippen LogP) is 1.95. The van der Waals surface area contributed by atoms with Gasteiger partial charge >= 0.3 is 0 Å². The Bertz CT molecular complexity index is 307. The fourth-order valence-electron chi connectivity index (χ4n) is 1.98. The predicted molar refractivity (Wildman–Crippen MR) is 64.1 cm³/mol. The van der Waals surface area contributed by atoms with Gasteiger partial charge in [0.05, 0.1) is 12.1 Å². The molecule has 5 nitrogen and oxygen atoms in total. The van der Waals surface area contributed by atoms with E-state index >= 15 is 0 Å². The second-order valence-corrected chi connectivity index (χ2v) is 4.74. The van der Waals surface area contributed by atoms with E-state index in [2.05, 4.69) is 55.5 Å². The molecule has 92 valence electrons. The van der Waals surface area contributed by atoms with Crippen LogP contribution >= 0.6 is 0 Å². The van der Waals surface area contributed by atoms with E-state index in [4.69, 9.17) is 0 Å². The normalized spacial score (nSPS) is 15.4. The molecule has 0 aromatic carbocycles. The molecule has 0 saturated carbocycles. The molecule has 1 heterocycles. The first-order valence-electron chi connectivity index (χ1n) is 6.07. The molecule has 0 fully saturated rings. The van der Waals surface area contributed by atoms with Crippen molar-refractivity contribution in [3.63, 3.8) is 0 Å². The van der Waals surface area contributed by atoms with Crippen molar-refractivity contribution in [3.8, 4) is 0 Å². The summed E-state index contributed by atoms with van der Waals surface area (Å²) in [6.45, 7) is 11.7. The molecule has 0 bridgehead atoms. The molecule has 5 heteroatoms. The van der Waals surface area contributed by atoms with Crippen LogP contribution in [0, 0.1) is 5.92 Å². The van der Waals surface area contributed by atoms with E-state index < -0.39 is 0 Å². The fraction of sp³-hybridized carbons (Fsp3) is 0.909. The van der Waals surface area contributed by atoms with Crippen molar-refractivity contribution in [3.05, 3.63) is 5.82 Å². The zero-order valence-corrected chi connectivity index (χ0v) is 10.9. The molecule has 0 aliphatic rings. The lowest BCUT2D eigenvalue weighted by Gasteiger charge is -2.18. The first kappa shape index (κ1) is 13.1. The van der Waals surface area contributed by atoms with Crippen LogP contribution in [0.25, 0.3) is 0 Å². The average Bonchev–Trinajstić information content (AvgIpc) is 2.65. The summed E-state index contributed by atoms with van der Waals surface area (Å²) in [7, 11) is 0. The number of nitrogens with one attached hydrogen (secondary N) is 1. The van der Waals surface area contributed by atoms with Gasteiger partial charge in [-0.15, -0.1) is 5.10 Å². The van der Waals surface area contributed by atoms with Crippen molar-refractivity contribution in [1.82, 2.24) is 25.5 Å². The van der Waals surface area contributed by atoms with Gasteiger partial charge in [-0.3, -0.25) is 0 Å². The maximum atomic E-state index is 4.10. The summed E-state index contributed by atoms with van der Waals surface area (Å²) < 4.78 is 1.94. The van der Waals surface area contributed by atoms with Gasteiger partial charge in [0.25, 0.3) is 0 Å². The van der Waals surface area contributed by atoms with Gasteiger partial charge in [0.15, 0.2) is 5.82 Å². The molecule has 2 unspecified atom stereocenters. The van der Waals surface area contributed by atoms with Crippen molar-refractivity contribution >= 4 is 0 Å². The van der Waals surface area contributed by atoms with Gasteiger partial charge in [-0.05, 0) is 43.2 Å². The van der Waals surface area contributed by atoms with Crippen molar-refractivity contribution in [2.45, 2.75) is 53.1 Å². The molecular formula is C11H23N5. The van der Waals surface area contributed by atoms with E-state index in [0.29, 0.717) is 12.0 Å². The van der Waals surface area contributed by atoms with Crippen LogP contribution < -0.4 is 5.32 Å². The highest BCUT2D eigenvalue weighted by Gasteiger charge is 2.18. The summed E-state index contributed by atoms with van der Waals surface area (Å²) in [6.07, 6.45) is 1.09. The molecule has 1 aromatic rings. The van der Waals surface area contributed by atoms with E-state index in [1.165, 1.54) is 0 Å². The standard InChI is InChI=1S/C11H23N5/c1-6-12-10(5)11-13-14-15-16(11)9(4)7-8(2)3/h8-10,12H,6-7H2,1-5H3. The molecular weight excluding hydrogens is 202 g/mol. The number of tetrazole rings is 1. The van der Waals surface area contributed by atoms with Crippen LogP contribution in [0.3, 0.4) is 0 Å². The van der Waals surface area contributed by atoms with Gasteiger partial charge in [0.2, 0.25) is 0 Å². The van der Waals surface area contributed by atoms with Crippen LogP contribution in [-0.2, 0) is 0 Å². The number of nitrogens with zero attached hydrogens (tertiary/aromatic N) is 4. The summed E-state index contributed by atoms with van der Waals surface area (Å²) >= 11 is 0. The third-order valence-corrected chi connectivity index (χ3v) is 2.65. The number of hydrogen-bond acceptors (Lipinski definition) is 4. The average molecular weight is 225 g/mol. The molecule has 1 rings (SSSR count). The molecule has 16 heavy (non-hydrogen) atoms. The van der Waals surface area contributed by atoms with Crippen LogP contribution in [0.5, 0.6) is 0 Å². The summed E-state index contributed by atoms with van der Waals surface area (Å²) in [5.41, 5.74) is 0. The smallest absolute Gasteiger partial charge is 0.168 e. The zero-order chi connectivity index (χ0) is 12.1. The second-order valence-electron chi connectivity index (χ2n) is 4.74. The zero-order valence-electron chi connectivity index (χ0n) is 10.9. The summed E-state index contributed by atoms with van der Waals surface area (Å²) in [5, 5.41) is 15.3. The van der Waals surface area contributed by atoms with Crippen LogP contribution in [-0.4, -0.2) is 26.8 Å². The second kappa shape index (κ2) is 5.94. The largest absolute Gasteiger partial charge is 0.308 e. The third-order valence-electron chi connectivity index (χ3n) is 2.65. The topological polar surface area (TPSA) is 55.6 Å². The Morgan fingerprint density at radius 3 is 2.50 bits per heavy atom. The Morgan fingerprint density at radius 1 is 1.25 bits per heavy atom. The van der Waals surface area contributed by atoms with Gasteiger partial charge in [-0.1, -0.05) is 20.8 Å². The highest BCUT2D eigenvalue weighted by atomic mass is 15.6. The Labute approximate surface area is 97.6 Å². The Balaban J connectivity index is 2.76. The lowest BCUT2D eigenvalue weighted by atomic mass is 10.1.